The second-order valence-corrected chi connectivity index (χ2v) is 5.79. The van der Waals surface area contributed by atoms with Gasteiger partial charge in [0.25, 0.3) is 5.91 Å². The molecule has 0 aromatic carbocycles. The third-order valence-electron chi connectivity index (χ3n) is 4.67. The topological polar surface area (TPSA) is 36.7 Å². The first kappa shape index (κ1) is 12.7. The van der Waals surface area contributed by atoms with E-state index in [0.717, 1.165) is 37.3 Å². The van der Waals surface area contributed by atoms with E-state index in [-0.39, 0.29) is 5.91 Å². The minimum Gasteiger partial charge on any atom is -0.469 e. The van der Waals surface area contributed by atoms with E-state index in [1.807, 2.05) is 6.92 Å². The average Bonchev–Trinajstić information content (AvgIpc) is 3.07. The smallest absolute Gasteiger partial charge is 0.257 e. The average molecular weight is 262 g/mol. The minimum absolute atomic E-state index is 0.147. The molecule has 0 saturated carbocycles. The second kappa shape index (κ2) is 5.00. The van der Waals surface area contributed by atoms with Crippen molar-refractivity contribution in [2.24, 2.45) is 0 Å². The highest BCUT2D eigenvalue weighted by Gasteiger charge is 2.39. The number of carbonyl (C=O) groups is 1. The summed E-state index contributed by atoms with van der Waals surface area (Å²) in [6.07, 6.45) is 6.34. The number of rotatable bonds is 2. The molecule has 2 aliphatic rings. The van der Waals surface area contributed by atoms with Gasteiger partial charge in [0.05, 0.1) is 11.8 Å². The Bertz CT molecular complexity index is 468. The summed E-state index contributed by atoms with van der Waals surface area (Å²) in [5, 5.41) is 0. The zero-order valence-corrected chi connectivity index (χ0v) is 11.8. The van der Waals surface area contributed by atoms with Crippen molar-refractivity contribution in [1.29, 1.82) is 0 Å². The van der Waals surface area contributed by atoms with Crippen molar-refractivity contribution in [1.82, 2.24) is 9.80 Å². The van der Waals surface area contributed by atoms with E-state index in [1.165, 1.54) is 12.8 Å². The number of likely N-dealkylation sites (tertiary alicyclic amines) is 2. The van der Waals surface area contributed by atoms with Crippen LogP contribution in [0.1, 0.15) is 41.8 Å². The van der Waals surface area contributed by atoms with Gasteiger partial charge in [-0.3, -0.25) is 4.79 Å². The van der Waals surface area contributed by atoms with Crippen LogP contribution in [0.5, 0.6) is 0 Å². The molecule has 19 heavy (non-hydrogen) atoms. The molecule has 0 bridgehead atoms. The van der Waals surface area contributed by atoms with E-state index in [9.17, 15) is 4.79 Å². The molecule has 3 rings (SSSR count). The Morgan fingerprint density at radius 1 is 1.26 bits per heavy atom. The maximum absolute atomic E-state index is 12.7. The highest BCUT2D eigenvalue weighted by molar-refractivity contribution is 5.95. The van der Waals surface area contributed by atoms with Crippen LogP contribution in [0.3, 0.4) is 0 Å². The third-order valence-corrected chi connectivity index (χ3v) is 4.67. The van der Waals surface area contributed by atoms with Gasteiger partial charge in [0.2, 0.25) is 0 Å². The summed E-state index contributed by atoms with van der Waals surface area (Å²) in [6.45, 7) is 3.91. The van der Waals surface area contributed by atoms with E-state index in [4.69, 9.17) is 4.42 Å². The Hall–Kier alpha value is -1.29. The molecule has 0 radical (unpaired) electrons. The first-order valence-corrected chi connectivity index (χ1v) is 7.24. The molecule has 3 heterocycles. The normalized spacial score (nSPS) is 28.2. The predicted molar refractivity (Wildman–Crippen MR) is 73.2 cm³/mol. The predicted octanol–water partition coefficient (Wildman–Crippen LogP) is 2.29. The fraction of sp³-hybridized carbons (Fsp3) is 0.667. The zero-order valence-electron chi connectivity index (χ0n) is 11.8. The van der Waals surface area contributed by atoms with Crippen LogP contribution in [-0.4, -0.2) is 47.9 Å². The van der Waals surface area contributed by atoms with Gasteiger partial charge in [0.1, 0.15) is 5.76 Å². The highest BCUT2D eigenvalue weighted by Crippen LogP contribution is 2.30. The fourth-order valence-electron chi connectivity index (χ4n) is 3.63. The van der Waals surface area contributed by atoms with Crippen molar-refractivity contribution >= 4 is 5.91 Å². The summed E-state index contributed by atoms with van der Waals surface area (Å²) in [5.41, 5.74) is 0.729. The lowest BCUT2D eigenvalue weighted by Gasteiger charge is -2.33. The molecule has 1 aromatic rings. The van der Waals surface area contributed by atoms with Gasteiger partial charge >= 0.3 is 0 Å². The highest BCUT2D eigenvalue weighted by atomic mass is 16.3. The van der Waals surface area contributed by atoms with Crippen LogP contribution in [-0.2, 0) is 0 Å². The molecule has 2 fully saturated rings. The molecule has 1 aromatic heterocycles. The largest absolute Gasteiger partial charge is 0.469 e. The molecule has 2 saturated heterocycles. The van der Waals surface area contributed by atoms with Crippen LogP contribution in [0.4, 0.5) is 0 Å². The Morgan fingerprint density at radius 2 is 2.00 bits per heavy atom. The molecule has 2 unspecified atom stereocenters. The second-order valence-electron chi connectivity index (χ2n) is 5.79. The van der Waals surface area contributed by atoms with Crippen LogP contribution in [0.15, 0.2) is 16.7 Å². The van der Waals surface area contributed by atoms with Gasteiger partial charge in [-0.2, -0.15) is 0 Å². The van der Waals surface area contributed by atoms with Gasteiger partial charge in [-0.1, -0.05) is 0 Å². The first-order chi connectivity index (χ1) is 9.18. The summed E-state index contributed by atoms with van der Waals surface area (Å²) in [6, 6.07) is 2.72. The third kappa shape index (κ3) is 2.18. The molecular weight excluding hydrogens is 240 g/mol. The van der Waals surface area contributed by atoms with E-state index < -0.39 is 0 Å². The minimum atomic E-state index is 0.147. The SMILES string of the molecule is Cc1occc1C(=O)N1CCCC1C1CCCN1C. The van der Waals surface area contributed by atoms with Gasteiger partial charge in [-0.05, 0) is 52.3 Å². The molecule has 1 amide bonds. The molecule has 4 heteroatoms. The van der Waals surface area contributed by atoms with Gasteiger partial charge in [-0.15, -0.1) is 0 Å². The van der Waals surface area contributed by atoms with Crippen molar-refractivity contribution in [2.45, 2.75) is 44.7 Å². The van der Waals surface area contributed by atoms with Gasteiger partial charge in [-0.25, -0.2) is 0 Å². The standard InChI is InChI=1S/C15H22N2O2/c1-11-12(7-10-19-11)15(18)17-9-4-6-14(17)13-5-3-8-16(13)2/h7,10,13-14H,3-6,8-9H2,1-2H3. The van der Waals surface area contributed by atoms with Crippen molar-refractivity contribution in [3.63, 3.8) is 0 Å². The lowest BCUT2D eigenvalue weighted by molar-refractivity contribution is 0.0662. The Kier molecular flexibility index (Phi) is 3.35. The maximum Gasteiger partial charge on any atom is 0.257 e. The Labute approximate surface area is 114 Å². The monoisotopic (exact) mass is 262 g/mol. The Morgan fingerprint density at radius 3 is 2.63 bits per heavy atom. The van der Waals surface area contributed by atoms with E-state index in [1.54, 1.807) is 12.3 Å². The number of amides is 1. The quantitative estimate of drug-likeness (QED) is 0.820. The zero-order chi connectivity index (χ0) is 13.4. The number of hydrogen-bond donors (Lipinski definition) is 0. The number of furan rings is 1. The van der Waals surface area contributed by atoms with Gasteiger partial charge in [0, 0.05) is 18.6 Å². The fourth-order valence-corrected chi connectivity index (χ4v) is 3.63. The van der Waals surface area contributed by atoms with Crippen LogP contribution >= 0.6 is 0 Å². The lowest BCUT2D eigenvalue weighted by atomic mass is 10.0. The molecule has 0 aliphatic carbocycles. The van der Waals surface area contributed by atoms with E-state index in [2.05, 4.69) is 16.8 Å². The van der Waals surface area contributed by atoms with Gasteiger partial charge < -0.3 is 14.2 Å². The Balaban J connectivity index is 1.80. The summed E-state index contributed by atoms with van der Waals surface area (Å²) in [4.78, 5) is 17.1. The maximum atomic E-state index is 12.7. The van der Waals surface area contributed by atoms with Crippen LogP contribution < -0.4 is 0 Å². The lowest BCUT2D eigenvalue weighted by Crippen LogP contribution is -2.47. The number of aryl methyl sites for hydroxylation is 1. The number of likely N-dealkylation sites (N-methyl/N-ethyl adjacent to an activating group) is 1. The molecule has 0 spiro atoms. The molecule has 4 nitrogen and oxygen atoms in total. The van der Waals surface area contributed by atoms with E-state index in [0.29, 0.717) is 12.1 Å². The van der Waals surface area contributed by atoms with Gasteiger partial charge in [0.15, 0.2) is 0 Å². The summed E-state index contributed by atoms with van der Waals surface area (Å²) in [7, 11) is 2.18. The molecule has 0 N–H and O–H groups in total. The van der Waals surface area contributed by atoms with Crippen LogP contribution in [0, 0.1) is 6.92 Å². The molecule has 2 aliphatic heterocycles. The van der Waals surface area contributed by atoms with Crippen molar-refractivity contribution < 1.29 is 9.21 Å². The number of hydrogen-bond acceptors (Lipinski definition) is 3. The van der Waals surface area contributed by atoms with Crippen molar-refractivity contribution in [3.05, 3.63) is 23.7 Å². The molecular formula is C15H22N2O2. The molecule has 104 valence electrons. The van der Waals surface area contributed by atoms with E-state index >= 15 is 0 Å². The first-order valence-electron chi connectivity index (χ1n) is 7.24. The number of carbonyl (C=O) groups excluding carboxylic acids is 1. The van der Waals surface area contributed by atoms with Crippen molar-refractivity contribution in [2.75, 3.05) is 20.1 Å². The summed E-state index contributed by atoms with van der Waals surface area (Å²) in [5.74, 6) is 0.879. The summed E-state index contributed by atoms with van der Waals surface area (Å²) < 4.78 is 5.27. The van der Waals surface area contributed by atoms with Crippen LogP contribution in [0.2, 0.25) is 0 Å². The van der Waals surface area contributed by atoms with Crippen molar-refractivity contribution in [3.8, 4) is 0 Å². The molecule has 2 atom stereocenters. The number of nitrogens with zero attached hydrogens (tertiary/aromatic N) is 2. The van der Waals surface area contributed by atoms with Crippen LogP contribution in [0.25, 0.3) is 0 Å². The summed E-state index contributed by atoms with van der Waals surface area (Å²) >= 11 is 0.